The number of rotatable bonds is 8. The van der Waals surface area contributed by atoms with Gasteiger partial charge in [0, 0.05) is 36.6 Å². The van der Waals surface area contributed by atoms with E-state index < -0.39 is 23.5 Å². The van der Waals surface area contributed by atoms with Gasteiger partial charge >= 0.3 is 12.4 Å². The number of nitrogens with two attached hydrogens (primary N) is 1. The summed E-state index contributed by atoms with van der Waals surface area (Å²) in [7, 11) is 0. The van der Waals surface area contributed by atoms with Gasteiger partial charge in [-0.1, -0.05) is 43.9 Å². The minimum atomic E-state index is -4.87. The number of aromatic nitrogens is 1. The largest absolute Gasteiger partial charge is 0.416 e. The quantitative estimate of drug-likeness (QED) is 0.316. The molecule has 9 heteroatoms. The molecule has 1 atom stereocenters. The molecule has 4 rings (SSSR count). The van der Waals surface area contributed by atoms with Crippen molar-refractivity contribution in [1.82, 2.24) is 10.3 Å². The van der Waals surface area contributed by atoms with Gasteiger partial charge in [0.05, 0.1) is 16.6 Å². The molecule has 1 saturated carbocycles. The fourth-order valence-corrected chi connectivity index (χ4v) is 5.10. The standard InChI is InChI=1S/C27H29F6N3/c28-26(29,30)22-10-18(11-23(13-22)27(31,32)33)15-35-16-21-12-19-7-3-4-8-24(19)36-25(21)20(14-34)9-17-5-1-2-6-17/h3-4,7-8,10-13,17,20,35H,1-2,5-6,9,14-16,34H2. The number of hydrogen-bond acceptors (Lipinski definition) is 3. The number of alkyl halides is 6. The van der Waals surface area contributed by atoms with E-state index in [9.17, 15) is 26.3 Å². The normalized spacial score (nSPS) is 16.1. The van der Waals surface area contributed by atoms with Crippen LogP contribution < -0.4 is 11.1 Å². The highest BCUT2D eigenvalue weighted by molar-refractivity contribution is 5.79. The Morgan fingerprint density at radius 1 is 0.889 bits per heavy atom. The Morgan fingerprint density at radius 3 is 2.14 bits per heavy atom. The molecule has 1 heterocycles. The van der Waals surface area contributed by atoms with Gasteiger partial charge in [0.1, 0.15) is 0 Å². The third kappa shape index (κ3) is 6.37. The first kappa shape index (κ1) is 26.4. The molecule has 1 fully saturated rings. The summed E-state index contributed by atoms with van der Waals surface area (Å²) in [5.74, 6) is 0.610. The smallest absolute Gasteiger partial charge is 0.330 e. The molecule has 1 aliphatic carbocycles. The van der Waals surface area contributed by atoms with Gasteiger partial charge in [-0.3, -0.25) is 4.98 Å². The fourth-order valence-electron chi connectivity index (χ4n) is 5.10. The Bertz CT molecular complexity index is 1150. The average molecular weight is 510 g/mol. The Labute approximate surface area is 206 Å². The van der Waals surface area contributed by atoms with Crippen LogP contribution in [0.25, 0.3) is 10.9 Å². The summed E-state index contributed by atoms with van der Waals surface area (Å²) in [4.78, 5) is 4.89. The Hall–Kier alpha value is -2.65. The van der Waals surface area contributed by atoms with Crippen molar-refractivity contribution in [3.8, 4) is 0 Å². The van der Waals surface area contributed by atoms with Crippen molar-refractivity contribution in [1.29, 1.82) is 0 Å². The van der Waals surface area contributed by atoms with E-state index in [1.165, 1.54) is 12.8 Å². The second kappa shape index (κ2) is 10.8. The zero-order valence-corrected chi connectivity index (χ0v) is 19.7. The van der Waals surface area contributed by atoms with Crippen LogP contribution in [-0.4, -0.2) is 11.5 Å². The number of para-hydroxylation sites is 1. The van der Waals surface area contributed by atoms with Crippen LogP contribution in [0.15, 0.2) is 48.5 Å². The van der Waals surface area contributed by atoms with E-state index in [0.717, 1.165) is 53.6 Å². The molecule has 0 spiro atoms. The predicted molar refractivity (Wildman–Crippen MR) is 127 cm³/mol. The summed E-state index contributed by atoms with van der Waals surface area (Å²) in [5, 5.41) is 3.95. The van der Waals surface area contributed by atoms with Gasteiger partial charge in [0.2, 0.25) is 0 Å². The first-order chi connectivity index (χ1) is 17.0. The topological polar surface area (TPSA) is 50.9 Å². The van der Waals surface area contributed by atoms with E-state index in [-0.39, 0.29) is 30.6 Å². The van der Waals surface area contributed by atoms with E-state index in [2.05, 4.69) is 5.32 Å². The highest BCUT2D eigenvalue weighted by Gasteiger charge is 2.36. The number of pyridine rings is 1. The van der Waals surface area contributed by atoms with E-state index in [1.54, 1.807) is 0 Å². The van der Waals surface area contributed by atoms with Crippen LogP contribution in [0.1, 0.15) is 66.0 Å². The van der Waals surface area contributed by atoms with Crippen molar-refractivity contribution in [2.45, 2.75) is 63.5 Å². The summed E-state index contributed by atoms with van der Waals surface area (Å²) in [6.45, 7) is 0.499. The van der Waals surface area contributed by atoms with Gasteiger partial charge in [-0.25, -0.2) is 0 Å². The molecule has 0 amide bonds. The van der Waals surface area contributed by atoms with Crippen molar-refractivity contribution in [3.05, 3.63) is 76.5 Å². The second-order valence-corrected chi connectivity index (χ2v) is 9.56. The van der Waals surface area contributed by atoms with E-state index in [4.69, 9.17) is 10.7 Å². The second-order valence-electron chi connectivity index (χ2n) is 9.56. The SMILES string of the molecule is NCC(CC1CCCC1)c1nc2ccccc2cc1CNCc1cc(C(F)(F)F)cc(C(F)(F)F)c1. The third-order valence-corrected chi connectivity index (χ3v) is 6.89. The molecule has 0 radical (unpaired) electrons. The maximum absolute atomic E-state index is 13.2. The summed E-state index contributed by atoms with van der Waals surface area (Å²) in [6.07, 6.45) is -4.10. The predicted octanol–water partition coefficient (Wildman–Crippen LogP) is 7.18. The van der Waals surface area contributed by atoms with Crippen LogP contribution in [0.5, 0.6) is 0 Å². The molecule has 1 aromatic heterocycles. The van der Waals surface area contributed by atoms with E-state index >= 15 is 0 Å². The van der Waals surface area contributed by atoms with Gasteiger partial charge < -0.3 is 11.1 Å². The molecule has 0 saturated heterocycles. The van der Waals surface area contributed by atoms with Crippen LogP contribution in [0.3, 0.4) is 0 Å². The van der Waals surface area contributed by atoms with E-state index in [1.807, 2.05) is 30.3 Å². The molecule has 3 aromatic rings. The lowest BCUT2D eigenvalue weighted by molar-refractivity contribution is -0.143. The van der Waals surface area contributed by atoms with Crippen molar-refractivity contribution in [3.63, 3.8) is 0 Å². The van der Waals surface area contributed by atoms with Gasteiger partial charge in [0.25, 0.3) is 0 Å². The van der Waals surface area contributed by atoms with Crippen molar-refractivity contribution < 1.29 is 26.3 Å². The van der Waals surface area contributed by atoms with Crippen LogP contribution in [0, 0.1) is 5.92 Å². The Kier molecular flexibility index (Phi) is 7.90. The van der Waals surface area contributed by atoms with Crippen LogP contribution in [0.4, 0.5) is 26.3 Å². The molecule has 3 nitrogen and oxygen atoms in total. The minimum absolute atomic E-state index is 0.0277. The number of benzene rings is 2. The molecule has 36 heavy (non-hydrogen) atoms. The summed E-state index contributed by atoms with van der Waals surface area (Å²) in [6, 6.07) is 11.3. The molecular formula is C27H29F6N3. The highest BCUT2D eigenvalue weighted by Crippen LogP contribution is 2.37. The van der Waals surface area contributed by atoms with Crippen molar-refractivity contribution in [2.75, 3.05) is 6.54 Å². The van der Waals surface area contributed by atoms with Gasteiger partial charge in [0.15, 0.2) is 0 Å². The zero-order chi connectivity index (χ0) is 25.9. The summed E-state index contributed by atoms with van der Waals surface area (Å²) >= 11 is 0. The number of nitrogens with zero attached hydrogens (tertiary/aromatic N) is 1. The van der Waals surface area contributed by atoms with Crippen LogP contribution in [-0.2, 0) is 25.4 Å². The number of halogens is 6. The summed E-state index contributed by atoms with van der Waals surface area (Å²) < 4.78 is 79.3. The maximum atomic E-state index is 13.2. The lowest BCUT2D eigenvalue weighted by Gasteiger charge is -2.22. The van der Waals surface area contributed by atoms with Crippen molar-refractivity contribution >= 4 is 10.9 Å². The molecule has 194 valence electrons. The molecule has 2 aromatic carbocycles. The molecule has 0 aliphatic heterocycles. The maximum Gasteiger partial charge on any atom is 0.416 e. The molecule has 1 unspecified atom stereocenters. The zero-order valence-electron chi connectivity index (χ0n) is 19.7. The van der Waals surface area contributed by atoms with Gasteiger partial charge in [-0.05, 0) is 53.8 Å². The Morgan fingerprint density at radius 2 is 1.53 bits per heavy atom. The third-order valence-electron chi connectivity index (χ3n) is 6.89. The first-order valence-corrected chi connectivity index (χ1v) is 12.1. The first-order valence-electron chi connectivity index (χ1n) is 12.1. The molecule has 3 N–H and O–H groups in total. The lowest BCUT2D eigenvalue weighted by Crippen LogP contribution is -2.21. The summed E-state index contributed by atoms with van der Waals surface area (Å²) in [5.41, 5.74) is 5.96. The highest BCUT2D eigenvalue weighted by atomic mass is 19.4. The fraction of sp³-hybridized carbons (Fsp3) is 0.444. The number of fused-ring (bicyclic) bond motifs is 1. The molecular weight excluding hydrogens is 480 g/mol. The molecule has 0 bridgehead atoms. The Balaban J connectivity index is 1.59. The number of hydrogen-bond donors (Lipinski definition) is 2. The minimum Gasteiger partial charge on any atom is -0.330 e. The monoisotopic (exact) mass is 509 g/mol. The van der Waals surface area contributed by atoms with Crippen LogP contribution >= 0.6 is 0 Å². The average Bonchev–Trinajstić information content (AvgIpc) is 3.34. The number of nitrogens with one attached hydrogen (secondary N) is 1. The lowest BCUT2D eigenvalue weighted by atomic mass is 9.88. The van der Waals surface area contributed by atoms with E-state index in [0.29, 0.717) is 12.5 Å². The van der Waals surface area contributed by atoms with Gasteiger partial charge in [-0.15, -0.1) is 0 Å². The van der Waals surface area contributed by atoms with Crippen molar-refractivity contribution in [2.24, 2.45) is 11.7 Å². The molecule has 1 aliphatic rings. The van der Waals surface area contributed by atoms with Gasteiger partial charge in [-0.2, -0.15) is 26.3 Å². The van der Waals surface area contributed by atoms with Crippen LogP contribution in [0.2, 0.25) is 0 Å².